The van der Waals surface area contributed by atoms with E-state index >= 15 is 0 Å². The van der Waals surface area contributed by atoms with Crippen molar-refractivity contribution < 1.29 is 24.0 Å². The van der Waals surface area contributed by atoms with Crippen LogP contribution in [0.15, 0.2) is 12.2 Å². The number of nitrogens with zero attached hydrogens (tertiary/aromatic N) is 2. The van der Waals surface area contributed by atoms with E-state index in [0.717, 1.165) is 10.8 Å². The number of hydrogen-bond donors (Lipinski definition) is 1. The molecule has 0 saturated heterocycles. The first-order valence-corrected chi connectivity index (χ1v) is 4.26. The first kappa shape index (κ1) is 11.1. The minimum Gasteiger partial charge on any atom is -0.623 e. The van der Waals surface area contributed by atoms with Crippen molar-refractivity contribution in [1.29, 1.82) is 0 Å². The number of carboxylic acids is 1. The van der Waals surface area contributed by atoms with Crippen molar-refractivity contribution in [3.8, 4) is 0 Å². The number of hydrogen-bond acceptors (Lipinski definition) is 3. The number of hydroxylamine groups is 1. The third-order valence-corrected chi connectivity index (χ3v) is 2.13. The highest BCUT2D eigenvalue weighted by Gasteiger charge is 2.39. The van der Waals surface area contributed by atoms with Gasteiger partial charge in [0, 0.05) is 12.2 Å². The zero-order chi connectivity index (χ0) is 11.6. The van der Waals surface area contributed by atoms with Crippen LogP contribution in [0, 0.1) is 5.21 Å². The largest absolute Gasteiger partial charge is 0.623 e. The number of carbonyl (C=O) groups excluding carboxylic acids is 1. The molecule has 1 heterocycles. The van der Waals surface area contributed by atoms with Gasteiger partial charge in [-0.2, -0.15) is 9.31 Å². The molecule has 1 atom stereocenters. The molecule has 6 nitrogen and oxygen atoms in total. The summed E-state index contributed by atoms with van der Waals surface area (Å²) in [5.74, 6) is -1.61. The highest BCUT2D eigenvalue weighted by Crippen LogP contribution is 2.02. The van der Waals surface area contributed by atoms with Gasteiger partial charge in [-0.3, -0.25) is 0 Å². The molecule has 0 aromatic carbocycles. The van der Waals surface area contributed by atoms with Crippen molar-refractivity contribution in [1.82, 2.24) is 0 Å². The van der Waals surface area contributed by atoms with Gasteiger partial charge in [0.1, 0.15) is 7.05 Å². The standard InChI is InChI=1S/C9H10N2O4/c1-6(12)10(2)7-4-3-5-11(15)8(7)9(13)14/h3-5,8H,1-2H3/p+1. The third kappa shape index (κ3) is 2.09. The van der Waals surface area contributed by atoms with Crippen LogP contribution in [0.1, 0.15) is 6.92 Å². The zero-order valence-electron chi connectivity index (χ0n) is 8.38. The minimum atomic E-state index is -1.36. The third-order valence-electron chi connectivity index (χ3n) is 2.13. The first-order chi connectivity index (χ1) is 6.95. The molecule has 0 aliphatic carbocycles. The lowest BCUT2D eigenvalue weighted by molar-refractivity contribution is -0.485. The second-order valence-corrected chi connectivity index (χ2v) is 3.11. The van der Waals surface area contributed by atoms with E-state index in [1.165, 1.54) is 26.1 Å². The summed E-state index contributed by atoms with van der Waals surface area (Å²) in [5, 5.41) is 20.1. The highest BCUT2D eigenvalue weighted by molar-refractivity contribution is 6.11. The van der Waals surface area contributed by atoms with Crippen LogP contribution in [-0.2, 0) is 9.59 Å². The minimum absolute atomic E-state index is 0.160. The molecular formula is C9H11N2O4+. The molecule has 15 heavy (non-hydrogen) atoms. The molecule has 0 saturated carbocycles. The SMILES string of the molecule is CC(=O)[N+](C)=C1C=CC=[N+]([O-])C1C(=O)O. The Kier molecular flexibility index (Phi) is 2.99. The summed E-state index contributed by atoms with van der Waals surface area (Å²) in [6, 6.07) is -1.36. The van der Waals surface area contributed by atoms with Crippen molar-refractivity contribution in [2.45, 2.75) is 13.0 Å². The number of allylic oxidation sites excluding steroid dienone is 1. The van der Waals surface area contributed by atoms with E-state index < -0.39 is 12.0 Å². The second-order valence-electron chi connectivity index (χ2n) is 3.11. The monoisotopic (exact) mass is 211 g/mol. The molecule has 0 fully saturated rings. The summed E-state index contributed by atoms with van der Waals surface area (Å²) in [7, 11) is 1.43. The summed E-state index contributed by atoms with van der Waals surface area (Å²) in [6.07, 6.45) is 3.95. The van der Waals surface area contributed by atoms with Crippen LogP contribution in [0.5, 0.6) is 0 Å². The Morgan fingerprint density at radius 2 is 2.20 bits per heavy atom. The maximum absolute atomic E-state index is 11.2. The van der Waals surface area contributed by atoms with Crippen LogP contribution in [0.2, 0.25) is 0 Å². The topological polar surface area (TPSA) is 83.4 Å². The number of carbonyl (C=O) groups is 2. The van der Waals surface area contributed by atoms with Gasteiger partial charge in [0.25, 0.3) is 5.71 Å². The number of amides is 1. The molecule has 1 rings (SSSR count). The molecule has 0 aromatic heterocycles. The number of carboxylic acid groups (broad SMARTS) is 1. The van der Waals surface area contributed by atoms with Gasteiger partial charge < -0.3 is 10.3 Å². The van der Waals surface area contributed by atoms with Crippen LogP contribution < -0.4 is 0 Å². The fourth-order valence-electron chi connectivity index (χ4n) is 1.25. The molecule has 1 unspecified atom stereocenters. The van der Waals surface area contributed by atoms with Crippen LogP contribution in [0.25, 0.3) is 0 Å². The Hall–Kier alpha value is -1.98. The zero-order valence-corrected chi connectivity index (χ0v) is 8.38. The predicted octanol–water partition coefficient (Wildman–Crippen LogP) is -0.780. The van der Waals surface area contributed by atoms with Crippen molar-refractivity contribution in [3.05, 3.63) is 17.4 Å². The quantitative estimate of drug-likeness (QED) is 0.455. The van der Waals surface area contributed by atoms with Crippen LogP contribution in [-0.4, -0.2) is 51.3 Å². The van der Waals surface area contributed by atoms with Crippen LogP contribution >= 0.6 is 0 Å². The Morgan fingerprint density at radius 3 is 2.67 bits per heavy atom. The molecule has 0 aromatic rings. The fourth-order valence-corrected chi connectivity index (χ4v) is 1.25. The van der Waals surface area contributed by atoms with Gasteiger partial charge in [0.05, 0.1) is 6.92 Å². The highest BCUT2D eigenvalue weighted by atomic mass is 16.5. The number of aliphatic carboxylic acids is 1. The second kappa shape index (κ2) is 4.04. The van der Waals surface area contributed by atoms with Crippen molar-refractivity contribution in [2.24, 2.45) is 0 Å². The van der Waals surface area contributed by atoms with Gasteiger partial charge in [-0.1, -0.05) is 0 Å². The van der Waals surface area contributed by atoms with Crippen LogP contribution in [0.4, 0.5) is 0 Å². The van der Waals surface area contributed by atoms with E-state index in [1.54, 1.807) is 0 Å². The maximum Gasteiger partial charge on any atom is 0.386 e. The van der Waals surface area contributed by atoms with E-state index in [4.69, 9.17) is 5.11 Å². The summed E-state index contributed by atoms with van der Waals surface area (Å²) in [4.78, 5) is 21.9. The summed E-state index contributed by atoms with van der Waals surface area (Å²) in [6.45, 7) is 1.30. The predicted molar refractivity (Wildman–Crippen MR) is 52.1 cm³/mol. The molecular weight excluding hydrogens is 200 g/mol. The molecule has 1 amide bonds. The van der Waals surface area contributed by atoms with E-state index in [-0.39, 0.29) is 11.6 Å². The Bertz CT molecular complexity index is 406. The molecule has 0 bridgehead atoms. The van der Waals surface area contributed by atoms with Gasteiger partial charge in [-0.25, -0.2) is 9.59 Å². The maximum atomic E-state index is 11.2. The molecule has 1 N–H and O–H groups in total. The molecule has 0 radical (unpaired) electrons. The smallest absolute Gasteiger partial charge is 0.386 e. The van der Waals surface area contributed by atoms with E-state index in [9.17, 15) is 14.8 Å². The average Bonchev–Trinajstić information content (AvgIpc) is 2.15. The molecule has 80 valence electrons. The molecule has 1 aliphatic rings. The molecule has 6 heteroatoms. The van der Waals surface area contributed by atoms with E-state index in [2.05, 4.69) is 0 Å². The normalized spacial score (nSPS) is 23.3. The molecule has 1 aliphatic heterocycles. The van der Waals surface area contributed by atoms with Gasteiger partial charge in [0.15, 0.2) is 6.21 Å². The average molecular weight is 211 g/mol. The first-order valence-electron chi connectivity index (χ1n) is 4.26. The summed E-state index contributed by atoms with van der Waals surface area (Å²) < 4.78 is 1.45. The lowest BCUT2D eigenvalue weighted by atomic mass is 10.1. The summed E-state index contributed by atoms with van der Waals surface area (Å²) in [5.41, 5.74) is 0.160. The van der Waals surface area contributed by atoms with Gasteiger partial charge >= 0.3 is 17.9 Å². The van der Waals surface area contributed by atoms with Gasteiger partial charge in [-0.05, 0) is 0 Å². The van der Waals surface area contributed by atoms with Gasteiger partial charge in [-0.15, -0.1) is 0 Å². The van der Waals surface area contributed by atoms with Gasteiger partial charge in [0.2, 0.25) is 0 Å². The van der Waals surface area contributed by atoms with Crippen LogP contribution in [0.3, 0.4) is 0 Å². The Balaban J connectivity index is 3.26. The van der Waals surface area contributed by atoms with Crippen molar-refractivity contribution in [3.63, 3.8) is 0 Å². The fraction of sp³-hybridized carbons (Fsp3) is 0.333. The Morgan fingerprint density at radius 1 is 1.60 bits per heavy atom. The lowest BCUT2D eigenvalue weighted by Gasteiger charge is -2.13. The molecule has 0 spiro atoms. The van der Waals surface area contributed by atoms with Crippen molar-refractivity contribution in [2.75, 3.05) is 7.05 Å². The van der Waals surface area contributed by atoms with E-state index in [1.807, 2.05) is 0 Å². The van der Waals surface area contributed by atoms with Crippen molar-refractivity contribution >= 4 is 23.8 Å². The summed E-state index contributed by atoms with van der Waals surface area (Å²) >= 11 is 0. The Labute approximate surface area is 86.0 Å². The lowest BCUT2D eigenvalue weighted by Crippen LogP contribution is -2.44. The number of rotatable bonds is 1. The van der Waals surface area contributed by atoms with E-state index in [0.29, 0.717) is 4.74 Å².